The van der Waals surface area contributed by atoms with Crippen molar-refractivity contribution < 1.29 is 0 Å². The molecule has 0 spiro atoms. The fraction of sp³-hybridized carbons (Fsp3) is 0.455. The van der Waals surface area contributed by atoms with Crippen molar-refractivity contribution in [2.75, 3.05) is 11.4 Å². The zero-order valence-electron chi connectivity index (χ0n) is 7.98. The van der Waals surface area contributed by atoms with Gasteiger partial charge in [-0.1, -0.05) is 18.2 Å². The first-order valence-corrected chi connectivity index (χ1v) is 4.84. The first-order valence-electron chi connectivity index (χ1n) is 4.84. The zero-order chi connectivity index (χ0) is 9.26. The molecule has 1 saturated heterocycles. The molecular formula is C11H16N2. The fourth-order valence-electron chi connectivity index (χ4n) is 2.05. The Kier molecular flexibility index (Phi) is 2.23. The Morgan fingerprint density at radius 3 is 2.54 bits per heavy atom. The standard InChI is InChI=1S/C11H16N2/c1-9-7-10(12)8-13(9)11-5-3-2-4-6-11/h2-6,9-10H,7-8,12H2,1H3/t9-,10+/m1/s1. The molecular weight excluding hydrogens is 160 g/mol. The summed E-state index contributed by atoms with van der Waals surface area (Å²) in [5.74, 6) is 0. The van der Waals surface area contributed by atoms with E-state index >= 15 is 0 Å². The molecule has 1 aliphatic rings. The predicted octanol–water partition coefficient (Wildman–Crippen LogP) is 1.61. The third kappa shape index (κ3) is 1.68. The maximum absolute atomic E-state index is 5.91. The number of para-hydroxylation sites is 1. The second-order valence-electron chi connectivity index (χ2n) is 3.83. The zero-order valence-corrected chi connectivity index (χ0v) is 7.98. The van der Waals surface area contributed by atoms with Gasteiger partial charge in [-0.2, -0.15) is 0 Å². The van der Waals surface area contributed by atoms with E-state index in [2.05, 4.69) is 36.1 Å². The summed E-state index contributed by atoms with van der Waals surface area (Å²) in [6, 6.07) is 11.4. The first-order chi connectivity index (χ1) is 6.27. The minimum absolute atomic E-state index is 0.343. The molecule has 0 saturated carbocycles. The molecule has 0 radical (unpaired) electrons. The molecule has 2 rings (SSSR count). The summed E-state index contributed by atoms with van der Waals surface area (Å²) in [4.78, 5) is 2.38. The van der Waals surface area contributed by atoms with Gasteiger partial charge in [0, 0.05) is 24.3 Å². The number of benzene rings is 1. The molecule has 70 valence electrons. The highest BCUT2D eigenvalue weighted by Crippen LogP contribution is 2.23. The van der Waals surface area contributed by atoms with Gasteiger partial charge < -0.3 is 10.6 Å². The first kappa shape index (κ1) is 8.57. The molecule has 2 heteroatoms. The summed E-state index contributed by atoms with van der Waals surface area (Å²) in [6.07, 6.45) is 1.11. The van der Waals surface area contributed by atoms with Gasteiger partial charge in [-0.3, -0.25) is 0 Å². The van der Waals surface area contributed by atoms with Crippen LogP contribution < -0.4 is 10.6 Å². The van der Waals surface area contributed by atoms with Crippen LogP contribution in [0, 0.1) is 0 Å². The van der Waals surface area contributed by atoms with Crippen molar-refractivity contribution in [3.8, 4) is 0 Å². The van der Waals surface area contributed by atoms with Crippen molar-refractivity contribution in [3.05, 3.63) is 30.3 Å². The molecule has 1 aromatic carbocycles. The van der Waals surface area contributed by atoms with E-state index < -0.39 is 0 Å². The number of hydrogen-bond donors (Lipinski definition) is 1. The second kappa shape index (κ2) is 3.38. The Bertz CT molecular complexity index is 271. The Balaban J connectivity index is 2.18. The predicted molar refractivity (Wildman–Crippen MR) is 55.8 cm³/mol. The van der Waals surface area contributed by atoms with Gasteiger partial charge in [0.2, 0.25) is 0 Å². The van der Waals surface area contributed by atoms with Crippen LogP contribution in [0.3, 0.4) is 0 Å². The highest BCUT2D eigenvalue weighted by molar-refractivity contribution is 5.48. The number of nitrogens with two attached hydrogens (primary N) is 1. The topological polar surface area (TPSA) is 29.3 Å². The Morgan fingerprint density at radius 1 is 1.31 bits per heavy atom. The molecule has 2 atom stereocenters. The lowest BCUT2D eigenvalue weighted by atomic mass is 10.2. The average molecular weight is 176 g/mol. The van der Waals surface area contributed by atoms with Crippen molar-refractivity contribution in [1.82, 2.24) is 0 Å². The van der Waals surface area contributed by atoms with E-state index in [-0.39, 0.29) is 0 Å². The molecule has 0 bridgehead atoms. The number of rotatable bonds is 1. The van der Waals surface area contributed by atoms with Gasteiger partial charge in [0.25, 0.3) is 0 Å². The second-order valence-corrected chi connectivity index (χ2v) is 3.83. The van der Waals surface area contributed by atoms with Gasteiger partial charge in [-0.15, -0.1) is 0 Å². The van der Waals surface area contributed by atoms with E-state index in [0.717, 1.165) is 13.0 Å². The van der Waals surface area contributed by atoms with Crippen molar-refractivity contribution in [1.29, 1.82) is 0 Å². The number of hydrogen-bond acceptors (Lipinski definition) is 2. The molecule has 2 nitrogen and oxygen atoms in total. The molecule has 1 heterocycles. The summed E-state index contributed by atoms with van der Waals surface area (Å²) < 4.78 is 0. The average Bonchev–Trinajstić information content (AvgIpc) is 2.47. The summed E-state index contributed by atoms with van der Waals surface area (Å²) in [5.41, 5.74) is 7.21. The SMILES string of the molecule is C[C@@H]1C[C@H](N)CN1c1ccccc1. The monoisotopic (exact) mass is 176 g/mol. The maximum atomic E-state index is 5.91. The Hall–Kier alpha value is -1.02. The minimum atomic E-state index is 0.343. The van der Waals surface area contributed by atoms with E-state index in [1.54, 1.807) is 0 Å². The smallest absolute Gasteiger partial charge is 0.0369 e. The van der Waals surface area contributed by atoms with Gasteiger partial charge in [-0.25, -0.2) is 0 Å². The van der Waals surface area contributed by atoms with E-state index in [4.69, 9.17) is 5.73 Å². The van der Waals surface area contributed by atoms with E-state index in [9.17, 15) is 0 Å². The third-order valence-electron chi connectivity index (χ3n) is 2.69. The molecule has 1 aromatic rings. The van der Waals surface area contributed by atoms with Crippen LogP contribution in [-0.2, 0) is 0 Å². The van der Waals surface area contributed by atoms with Crippen LogP contribution in [-0.4, -0.2) is 18.6 Å². The van der Waals surface area contributed by atoms with Crippen molar-refractivity contribution in [3.63, 3.8) is 0 Å². The highest BCUT2D eigenvalue weighted by atomic mass is 15.2. The molecule has 2 N–H and O–H groups in total. The van der Waals surface area contributed by atoms with Crippen LogP contribution in [0.1, 0.15) is 13.3 Å². The Labute approximate surface area is 79.4 Å². The van der Waals surface area contributed by atoms with Crippen molar-refractivity contribution >= 4 is 5.69 Å². The molecule has 0 unspecified atom stereocenters. The molecule has 1 fully saturated rings. The summed E-state index contributed by atoms with van der Waals surface area (Å²) in [5, 5.41) is 0. The lowest BCUT2D eigenvalue weighted by molar-refractivity contribution is 0.690. The van der Waals surface area contributed by atoms with E-state index in [1.807, 2.05) is 6.07 Å². The molecule has 0 amide bonds. The summed E-state index contributed by atoms with van der Waals surface area (Å²) in [6.45, 7) is 3.23. The van der Waals surface area contributed by atoms with E-state index in [0.29, 0.717) is 12.1 Å². The van der Waals surface area contributed by atoms with Crippen LogP contribution in [0.4, 0.5) is 5.69 Å². The molecule has 0 aliphatic carbocycles. The van der Waals surface area contributed by atoms with Gasteiger partial charge in [0.05, 0.1) is 0 Å². The minimum Gasteiger partial charge on any atom is -0.367 e. The number of anilines is 1. The van der Waals surface area contributed by atoms with Crippen LogP contribution in [0.25, 0.3) is 0 Å². The lowest BCUT2D eigenvalue weighted by Crippen LogP contribution is -2.28. The molecule has 13 heavy (non-hydrogen) atoms. The van der Waals surface area contributed by atoms with Crippen molar-refractivity contribution in [2.45, 2.75) is 25.4 Å². The van der Waals surface area contributed by atoms with Crippen LogP contribution in [0.2, 0.25) is 0 Å². The third-order valence-corrected chi connectivity index (χ3v) is 2.69. The van der Waals surface area contributed by atoms with Crippen LogP contribution in [0.15, 0.2) is 30.3 Å². The number of nitrogens with zero attached hydrogens (tertiary/aromatic N) is 1. The maximum Gasteiger partial charge on any atom is 0.0369 e. The lowest BCUT2D eigenvalue weighted by Gasteiger charge is -2.23. The largest absolute Gasteiger partial charge is 0.367 e. The highest BCUT2D eigenvalue weighted by Gasteiger charge is 2.26. The quantitative estimate of drug-likeness (QED) is 0.704. The Morgan fingerprint density at radius 2 is 2.00 bits per heavy atom. The van der Waals surface area contributed by atoms with Gasteiger partial charge in [0.15, 0.2) is 0 Å². The van der Waals surface area contributed by atoms with Gasteiger partial charge in [-0.05, 0) is 25.5 Å². The van der Waals surface area contributed by atoms with Gasteiger partial charge >= 0.3 is 0 Å². The van der Waals surface area contributed by atoms with Crippen LogP contribution in [0.5, 0.6) is 0 Å². The molecule has 1 aliphatic heterocycles. The molecule has 0 aromatic heterocycles. The van der Waals surface area contributed by atoms with E-state index in [1.165, 1.54) is 5.69 Å². The van der Waals surface area contributed by atoms with Gasteiger partial charge in [0.1, 0.15) is 0 Å². The van der Waals surface area contributed by atoms with Crippen molar-refractivity contribution in [2.24, 2.45) is 5.73 Å². The fourth-order valence-corrected chi connectivity index (χ4v) is 2.05. The summed E-state index contributed by atoms with van der Waals surface area (Å²) >= 11 is 0. The van der Waals surface area contributed by atoms with Crippen LogP contribution >= 0.6 is 0 Å². The normalized spacial score (nSPS) is 28.0. The summed E-state index contributed by atoms with van der Waals surface area (Å²) in [7, 11) is 0.